The van der Waals surface area contributed by atoms with E-state index in [1.165, 1.54) is 0 Å². The van der Waals surface area contributed by atoms with Gasteiger partial charge in [-0.3, -0.25) is 0 Å². The van der Waals surface area contributed by atoms with E-state index >= 15 is 0 Å². The van der Waals surface area contributed by atoms with E-state index in [4.69, 9.17) is 17.3 Å². The van der Waals surface area contributed by atoms with Gasteiger partial charge in [-0.2, -0.15) is 5.10 Å². The molecule has 0 aliphatic rings. The van der Waals surface area contributed by atoms with Gasteiger partial charge in [0, 0.05) is 0 Å². The molecule has 0 saturated carbocycles. The van der Waals surface area contributed by atoms with Crippen LogP contribution in [0.4, 0.5) is 5.69 Å². The Hall–Kier alpha value is -1.29. The number of halogens is 1. The summed E-state index contributed by atoms with van der Waals surface area (Å²) in [4.78, 5) is 4.04. The number of anilines is 1. The Morgan fingerprint density at radius 3 is 3.08 bits per heavy atom. The van der Waals surface area contributed by atoms with Gasteiger partial charge in [-0.05, 0) is 6.92 Å². The molecular weight excluding hydrogens is 176 g/mol. The summed E-state index contributed by atoms with van der Waals surface area (Å²) in [5.41, 5.74) is 7.49. The number of aromatic nitrogens is 3. The molecule has 0 radical (unpaired) electrons. The van der Waals surface area contributed by atoms with E-state index in [-0.39, 0.29) is 0 Å². The van der Waals surface area contributed by atoms with Crippen LogP contribution in [0, 0.1) is 6.92 Å². The lowest BCUT2D eigenvalue weighted by molar-refractivity contribution is 0.919. The highest BCUT2D eigenvalue weighted by Gasteiger charge is 2.06. The standard InChI is InChI=1S/C7H7ClN4/c1-4-6(8)7-10-2-5(9)3-12(7)11-4/h2-3H,9H2,1H3. The Labute approximate surface area is 74.0 Å². The van der Waals surface area contributed by atoms with Gasteiger partial charge < -0.3 is 5.73 Å². The zero-order valence-corrected chi connectivity index (χ0v) is 7.21. The Bertz CT molecular complexity index is 434. The van der Waals surface area contributed by atoms with E-state index in [1.807, 2.05) is 6.92 Å². The Morgan fingerprint density at radius 2 is 2.33 bits per heavy atom. The minimum Gasteiger partial charge on any atom is -0.396 e. The number of nitrogen functional groups attached to an aromatic ring is 1. The largest absolute Gasteiger partial charge is 0.396 e. The number of nitrogens with zero attached hydrogens (tertiary/aromatic N) is 3. The van der Waals surface area contributed by atoms with Crippen LogP contribution in [0.1, 0.15) is 5.69 Å². The lowest BCUT2D eigenvalue weighted by Crippen LogP contribution is -1.93. The van der Waals surface area contributed by atoms with Crippen molar-refractivity contribution in [2.24, 2.45) is 0 Å². The quantitative estimate of drug-likeness (QED) is 0.668. The predicted octanol–water partition coefficient (Wildman–Crippen LogP) is 1.27. The van der Waals surface area contributed by atoms with E-state index in [0.29, 0.717) is 16.4 Å². The van der Waals surface area contributed by atoms with E-state index in [0.717, 1.165) is 5.69 Å². The summed E-state index contributed by atoms with van der Waals surface area (Å²) in [5, 5.41) is 4.69. The van der Waals surface area contributed by atoms with Crippen molar-refractivity contribution >= 4 is 22.9 Å². The van der Waals surface area contributed by atoms with Gasteiger partial charge >= 0.3 is 0 Å². The molecule has 0 unspecified atom stereocenters. The molecule has 2 aromatic rings. The van der Waals surface area contributed by atoms with Crippen LogP contribution in [0.5, 0.6) is 0 Å². The number of aryl methyl sites for hydroxylation is 1. The summed E-state index contributed by atoms with van der Waals surface area (Å²) >= 11 is 5.91. The summed E-state index contributed by atoms with van der Waals surface area (Å²) in [5.74, 6) is 0. The van der Waals surface area contributed by atoms with Gasteiger partial charge in [0.25, 0.3) is 0 Å². The number of hydrogen-bond donors (Lipinski definition) is 1. The predicted molar refractivity (Wildman–Crippen MR) is 47.1 cm³/mol. The molecule has 0 amide bonds. The molecule has 2 heterocycles. The maximum absolute atomic E-state index is 5.91. The summed E-state index contributed by atoms with van der Waals surface area (Å²) in [6.07, 6.45) is 3.24. The van der Waals surface area contributed by atoms with Crippen molar-refractivity contribution in [1.82, 2.24) is 14.6 Å². The van der Waals surface area contributed by atoms with Crippen molar-refractivity contribution < 1.29 is 0 Å². The molecule has 2 N–H and O–H groups in total. The molecule has 62 valence electrons. The van der Waals surface area contributed by atoms with Gasteiger partial charge in [-0.1, -0.05) is 11.6 Å². The molecule has 5 heteroatoms. The SMILES string of the molecule is Cc1nn2cc(N)cnc2c1Cl. The minimum atomic E-state index is 0.571. The summed E-state index contributed by atoms with van der Waals surface area (Å²) < 4.78 is 1.58. The topological polar surface area (TPSA) is 56.2 Å². The van der Waals surface area contributed by atoms with Crippen LogP contribution >= 0.6 is 11.6 Å². The fourth-order valence-electron chi connectivity index (χ4n) is 1.03. The molecule has 2 rings (SSSR count). The molecule has 0 aromatic carbocycles. The van der Waals surface area contributed by atoms with E-state index in [2.05, 4.69) is 10.1 Å². The fraction of sp³-hybridized carbons (Fsp3) is 0.143. The van der Waals surface area contributed by atoms with Gasteiger partial charge in [0.2, 0.25) is 0 Å². The first-order valence-electron chi connectivity index (χ1n) is 3.44. The van der Waals surface area contributed by atoms with Gasteiger partial charge in [-0.15, -0.1) is 0 Å². The third-order valence-electron chi connectivity index (χ3n) is 1.60. The van der Waals surface area contributed by atoms with E-state index in [1.54, 1.807) is 16.9 Å². The third kappa shape index (κ3) is 0.921. The summed E-state index contributed by atoms with van der Waals surface area (Å²) in [7, 11) is 0. The summed E-state index contributed by atoms with van der Waals surface area (Å²) in [6, 6.07) is 0. The van der Waals surface area contributed by atoms with Gasteiger partial charge in [-0.25, -0.2) is 9.50 Å². The molecule has 4 nitrogen and oxygen atoms in total. The van der Waals surface area contributed by atoms with Gasteiger partial charge in [0.15, 0.2) is 5.65 Å². The van der Waals surface area contributed by atoms with E-state index in [9.17, 15) is 0 Å². The Balaban J connectivity index is 2.87. The molecule has 0 bridgehead atoms. The van der Waals surface area contributed by atoms with Crippen molar-refractivity contribution in [2.45, 2.75) is 6.92 Å². The van der Waals surface area contributed by atoms with Crippen molar-refractivity contribution in [3.8, 4) is 0 Å². The van der Waals surface area contributed by atoms with Crippen LogP contribution in [0.3, 0.4) is 0 Å². The molecule has 2 aromatic heterocycles. The number of nitrogens with two attached hydrogens (primary N) is 1. The van der Waals surface area contributed by atoms with Crippen molar-refractivity contribution in [1.29, 1.82) is 0 Å². The molecule has 0 aliphatic carbocycles. The number of hydrogen-bond acceptors (Lipinski definition) is 3. The zero-order valence-electron chi connectivity index (χ0n) is 6.45. The van der Waals surface area contributed by atoms with Crippen LogP contribution in [-0.4, -0.2) is 14.6 Å². The first-order chi connectivity index (χ1) is 5.68. The van der Waals surface area contributed by atoms with Crippen LogP contribution in [0.25, 0.3) is 5.65 Å². The van der Waals surface area contributed by atoms with Crippen molar-refractivity contribution in [3.63, 3.8) is 0 Å². The first-order valence-corrected chi connectivity index (χ1v) is 3.82. The zero-order chi connectivity index (χ0) is 8.72. The summed E-state index contributed by atoms with van der Waals surface area (Å²) in [6.45, 7) is 1.83. The van der Waals surface area contributed by atoms with Crippen LogP contribution in [0.15, 0.2) is 12.4 Å². The second-order valence-corrected chi connectivity index (χ2v) is 2.93. The third-order valence-corrected chi connectivity index (χ3v) is 2.04. The number of fused-ring (bicyclic) bond motifs is 1. The molecule has 0 aliphatic heterocycles. The van der Waals surface area contributed by atoms with Gasteiger partial charge in [0.05, 0.1) is 23.8 Å². The lowest BCUT2D eigenvalue weighted by atomic mass is 10.5. The monoisotopic (exact) mass is 182 g/mol. The molecule has 12 heavy (non-hydrogen) atoms. The normalized spacial score (nSPS) is 10.8. The molecule has 0 spiro atoms. The second-order valence-electron chi connectivity index (χ2n) is 2.55. The van der Waals surface area contributed by atoms with E-state index < -0.39 is 0 Å². The molecular formula is C7H7ClN4. The minimum absolute atomic E-state index is 0.571. The smallest absolute Gasteiger partial charge is 0.174 e. The molecule has 0 fully saturated rings. The average molecular weight is 183 g/mol. The lowest BCUT2D eigenvalue weighted by Gasteiger charge is -1.92. The number of rotatable bonds is 0. The molecule has 0 atom stereocenters. The van der Waals surface area contributed by atoms with Crippen LogP contribution < -0.4 is 5.73 Å². The maximum atomic E-state index is 5.91. The second kappa shape index (κ2) is 2.35. The van der Waals surface area contributed by atoms with Gasteiger partial charge in [0.1, 0.15) is 5.02 Å². The first kappa shape index (κ1) is 7.36. The average Bonchev–Trinajstić information content (AvgIpc) is 2.28. The molecule has 0 saturated heterocycles. The highest BCUT2D eigenvalue weighted by Crippen LogP contribution is 2.19. The maximum Gasteiger partial charge on any atom is 0.174 e. The van der Waals surface area contributed by atoms with Crippen LogP contribution in [-0.2, 0) is 0 Å². The highest BCUT2D eigenvalue weighted by atomic mass is 35.5. The Kier molecular flexibility index (Phi) is 1.44. The fourth-order valence-corrected chi connectivity index (χ4v) is 1.20. The highest BCUT2D eigenvalue weighted by molar-refractivity contribution is 6.34. The Morgan fingerprint density at radius 1 is 1.58 bits per heavy atom. The van der Waals surface area contributed by atoms with Crippen molar-refractivity contribution in [2.75, 3.05) is 5.73 Å². The van der Waals surface area contributed by atoms with Crippen molar-refractivity contribution in [3.05, 3.63) is 23.1 Å². The van der Waals surface area contributed by atoms with Crippen LogP contribution in [0.2, 0.25) is 5.02 Å².